The van der Waals surface area contributed by atoms with Gasteiger partial charge in [-0.25, -0.2) is 0 Å². The van der Waals surface area contributed by atoms with Crippen molar-refractivity contribution in [1.82, 2.24) is 0 Å². The van der Waals surface area contributed by atoms with Gasteiger partial charge in [0.25, 0.3) is 11.8 Å². The highest BCUT2D eigenvalue weighted by molar-refractivity contribution is 9.10. The second kappa shape index (κ2) is 11.6. The predicted octanol–water partition coefficient (Wildman–Crippen LogP) is 6.79. The van der Waals surface area contributed by atoms with E-state index < -0.39 is 11.8 Å². The number of thiocarbonyl (C=S) groups is 1. The molecule has 1 fully saturated rings. The summed E-state index contributed by atoms with van der Waals surface area (Å²) in [7, 11) is 1.54. The van der Waals surface area contributed by atoms with Gasteiger partial charge in [0, 0.05) is 4.47 Å². The van der Waals surface area contributed by atoms with Crippen molar-refractivity contribution in [2.75, 3.05) is 16.9 Å². The molecular weight excluding hydrogens is 576 g/mol. The number of carbonyl (C=O) groups is 2. The molecule has 0 unspecified atom stereocenters. The van der Waals surface area contributed by atoms with Gasteiger partial charge < -0.3 is 9.47 Å². The summed E-state index contributed by atoms with van der Waals surface area (Å²) in [6, 6.07) is 31.2. The van der Waals surface area contributed by atoms with Gasteiger partial charge in [0.05, 0.1) is 18.5 Å². The number of nitrogens with zero attached hydrogens (tertiary/aromatic N) is 2. The molecule has 1 heterocycles. The molecule has 194 valence electrons. The third-order valence-corrected chi connectivity index (χ3v) is 6.98. The van der Waals surface area contributed by atoms with Gasteiger partial charge in [-0.05, 0) is 78.0 Å². The number of methoxy groups -OCH3 is 1. The second-order valence-electron chi connectivity index (χ2n) is 8.62. The maximum Gasteiger partial charge on any atom is 0.270 e. The number of halogens is 1. The summed E-state index contributed by atoms with van der Waals surface area (Å²) < 4.78 is 12.5. The first kappa shape index (κ1) is 26.3. The van der Waals surface area contributed by atoms with Crippen molar-refractivity contribution in [3.63, 3.8) is 0 Å². The minimum atomic E-state index is -0.502. The molecule has 6 nitrogen and oxygen atoms in total. The lowest BCUT2D eigenvalue weighted by Gasteiger charge is -2.36. The number of amides is 2. The number of hydrogen-bond acceptors (Lipinski definition) is 5. The van der Waals surface area contributed by atoms with E-state index in [0.29, 0.717) is 35.0 Å². The average Bonchev–Trinajstić information content (AvgIpc) is 2.96. The molecule has 2 amide bonds. The third kappa shape index (κ3) is 5.62. The Morgan fingerprint density at radius 3 is 1.87 bits per heavy atom. The van der Waals surface area contributed by atoms with Gasteiger partial charge in [0.2, 0.25) is 0 Å². The first-order valence-corrected chi connectivity index (χ1v) is 13.3. The molecule has 0 bridgehead atoms. The number of ether oxygens (including phenoxy) is 2. The lowest BCUT2D eigenvalue weighted by atomic mass is 10.0. The van der Waals surface area contributed by atoms with E-state index >= 15 is 0 Å². The van der Waals surface area contributed by atoms with Crippen LogP contribution in [0.25, 0.3) is 6.08 Å². The highest BCUT2D eigenvalue weighted by Gasteiger charge is 2.41. The Bertz CT molecular complexity index is 1490. The molecule has 0 aliphatic carbocycles. The van der Waals surface area contributed by atoms with Gasteiger partial charge in [0.15, 0.2) is 16.6 Å². The van der Waals surface area contributed by atoms with E-state index in [2.05, 4.69) is 15.9 Å². The van der Waals surface area contributed by atoms with Crippen LogP contribution in [0.2, 0.25) is 0 Å². The molecule has 0 N–H and O–H groups in total. The van der Waals surface area contributed by atoms with Crippen LogP contribution >= 0.6 is 28.1 Å². The Morgan fingerprint density at radius 1 is 0.769 bits per heavy atom. The Morgan fingerprint density at radius 2 is 1.33 bits per heavy atom. The number of para-hydroxylation sites is 2. The van der Waals surface area contributed by atoms with Crippen molar-refractivity contribution < 1.29 is 19.1 Å². The van der Waals surface area contributed by atoms with Crippen LogP contribution in [0.15, 0.2) is 113 Å². The molecule has 8 heteroatoms. The number of hydrogen-bond donors (Lipinski definition) is 0. The summed E-state index contributed by atoms with van der Waals surface area (Å²) in [5.74, 6) is 0.0187. The van der Waals surface area contributed by atoms with Crippen molar-refractivity contribution in [3.8, 4) is 11.5 Å². The first-order chi connectivity index (χ1) is 19.0. The van der Waals surface area contributed by atoms with E-state index in [0.717, 1.165) is 10.0 Å². The number of rotatable bonds is 7. The summed E-state index contributed by atoms with van der Waals surface area (Å²) in [5, 5.41) is 0.0915. The Kier molecular flexibility index (Phi) is 7.86. The zero-order valence-electron chi connectivity index (χ0n) is 20.9. The van der Waals surface area contributed by atoms with E-state index in [1.165, 1.54) is 9.80 Å². The Hall–Kier alpha value is -4.27. The van der Waals surface area contributed by atoms with Crippen LogP contribution < -0.4 is 19.3 Å². The zero-order valence-corrected chi connectivity index (χ0v) is 23.3. The fraction of sp³-hybridized carbons (Fsp3) is 0.0645. The zero-order chi connectivity index (χ0) is 27.4. The molecule has 5 rings (SSSR count). The SMILES string of the molecule is COc1cc(C=C2C(=O)N(c3ccccc3)C(=S)N(c3ccccc3)C2=O)ccc1OCc1ccc(Br)cc1. The van der Waals surface area contributed by atoms with Crippen LogP contribution in [-0.2, 0) is 16.2 Å². The predicted molar refractivity (Wildman–Crippen MR) is 160 cm³/mol. The van der Waals surface area contributed by atoms with Crippen molar-refractivity contribution in [2.24, 2.45) is 0 Å². The van der Waals surface area contributed by atoms with Gasteiger partial charge in [-0.2, -0.15) is 0 Å². The molecule has 1 aliphatic heterocycles. The van der Waals surface area contributed by atoms with Crippen LogP contribution in [0, 0.1) is 0 Å². The maximum absolute atomic E-state index is 13.7. The minimum Gasteiger partial charge on any atom is -0.493 e. The number of anilines is 2. The van der Waals surface area contributed by atoms with E-state index in [4.69, 9.17) is 21.7 Å². The summed E-state index contributed by atoms with van der Waals surface area (Å²) >= 11 is 9.09. The van der Waals surface area contributed by atoms with Crippen molar-refractivity contribution in [2.45, 2.75) is 6.61 Å². The Labute approximate surface area is 240 Å². The molecule has 4 aromatic rings. The van der Waals surface area contributed by atoms with Crippen molar-refractivity contribution >= 4 is 62.5 Å². The van der Waals surface area contributed by atoms with Gasteiger partial charge >= 0.3 is 0 Å². The van der Waals surface area contributed by atoms with Crippen LogP contribution in [0.1, 0.15) is 11.1 Å². The molecule has 4 aromatic carbocycles. The molecular formula is C31H23BrN2O4S. The fourth-order valence-corrected chi connectivity index (χ4v) is 4.78. The number of benzene rings is 4. The summed E-state index contributed by atoms with van der Waals surface area (Å²) in [5.41, 5.74) is 2.72. The second-order valence-corrected chi connectivity index (χ2v) is 9.90. The van der Waals surface area contributed by atoms with Crippen molar-refractivity contribution in [3.05, 3.63) is 124 Å². The van der Waals surface area contributed by atoms with E-state index in [-0.39, 0.29) is 10.7 Å². The smallest absolute Gasteiger partial charge is 0.270 e. The molecule has 0 spiro atoms. The molecule has 0 saturated carbocycles. The third-order valence-electron chi connectivity index (χ3n) is 6.08. The fourth-order valence-electron chi connectivity index (χ4n) is 4.14. The van der Waals surface area contributed by atoms with E-state index in [1.54, 1.807) is 55.7 Å². The minimum absolute atomic E-state index is 0.0260. The monoisotopic (exact) mass is 598 g/mol. The average molecular weight is 600 g/mol. The molecule has 0 atom stereocenters. The van der Waals surface area contributed by atoms with Gasteiger partial charge in [-0.1, -0.05) is 70.5 Å². The van der Waals surface area contributed by atoms with Crippen LogP contribution in [0.5, 0.6) is 11.5 Å². The number of carbonyl (C=O) groups excluding carboxylic acids is 2. The largest absolute Gasteiger partial charge is 0.493 e. The standard InChI is InChI=1S/C31H23BrN2O4S/c1-37-28-19-22(14-17-27(28)38-20-21-12-15-23(32)16-13-21)18-26-29(35)33(24-8-4-2-5-9-24)31(39)34(30(26)36)25-10-6-3-7-11-25/h2-19H,20H2,1H3. The van der Waals surface area contributed by atoms with Gasteiger partial charge in [0.1, 0.15) is 12.2 Å². The highest BCUT2D eigenvalue weighted by Crippen LogP contribution is 2.33. The molecule has 39 heavy (non-hydrogen) atoms. The van der Waals surface area contributed by atoms with Gasteiger partial charge in [-0.3, -0.25) is 19.4 Å². The lowest BCUT2D eigenvalue weighted by Crippen LogP contribution is -2.56. The Balaban J connectivity index is 1.50. The molecule has 0 aromatic heterocycles. The lowest BCUT2D eigenvalue weighted by molar-refractivity contribution is -0.120. The maximum atomic E-state index is 13.7. The van der Waals surface area contributed by atoms with Crippen LogP contribution in [0.4, 0.5) is 11.4 Å². The first-order valence-electron chi connectivity index (χ1n) is 12.1. The highest BCUT2D eigenvalue weighted by atomic mass is 79.9. The van der Waals surface area contributed by atoms with Gasteiger partial charge in [-0.15, -0.1) is 0 Å². The van der Waals surface area contributed by atoms with E-state index in [1.807, 2.05) is 60.7 Å². The molecule has 1 aliphatic rings. The summed E-state index contributed by atoms with van der Waals surface area (Å²) in [6.45, 7) is 0.358. The van der Waals surface area contributed by atoms with E-state index in [9.17, 15) is 9.59 Å². The topological polar surface area (TPSA) is 59.1 Å². The quantitative estimate of drug-likeness (QED) is 0.133. The summed E-state index contributed by atoms with van der Waals surface area (Å²) in [6.07, 6.45) is 1.55. The van der Waals surface area contributed by atoms with Crippen molar-refractivity contribution in [1.29, 1.82) is 0 Å². The normalized spacial score (nSPS) is 13.5. The molecule has 0 radical (unpaired) electrons. The summed E-state index contributed by atoms with van der Waals surface area (Å²) in [4.78, 5) is 30.1. The van der Waals surface area contributed by atoms with Crippen LogP contribution in [0.3, 0.4) is 0 Å². The van der Waals surface area contributed by atoms with Crippen LogP contribution in [-0.4, -0.2) is 24.0 Å². The molecule has 1 saturated heterocycles.